The first-order valence-electron chi connectivity index (χ1n) is 7.36. The first-order valence-corrected chi connectivity index (χ1v) is 8.18. The van der Waals surface area contributed by atoms with Crippen LogP contribution in [0.15, 0.2) is 54.6 Å². The first kappa shape index (κ1) is 17.2. The van der Waals surface area contributed by atoms with E-state index in [0.717, 1.165) is 16.9 Å². The predicted octanol–water partition coefficient (Wildman–Crippen LogP) is 5.39. The molecule has 128 valence electrons. The summed E-state index contributed by atoms with van der Waals surface area (Å²) in [5, 5.41) is 2.66. The SMILES string of the molecule is Cc1cccc(NC(=O)c2sc(-c3ccccc3)nc2C(F)(F)F)c1. The summed E-state index contributed by atoms with van der Waals surface area (Å²) >= 11 is 0.728. The largest absolute Gasteiger partial charge is 0.435 e. The minimum atomic E-state index is -4.71. The molecule has 0 atom stereocenters. The summed E-state index contributed by atoms with van der Waals surface area (Å²) in [5.41, 5.74) is 0.699. The number of nitrogens with one attached hydrogen (secondary N) is 1. The van der Waals surface area contributed by atoms with Crippen molar-refractivity contribution in [2.24, 2.45) is 0 Å². The number of anilines is 1. The lowest BCUT2D eigenvalue weighted by molar-refractivity contribution is -0.140. The van der Waals surface area contributed by atoms with E-state index in [0.29, 0.717) is 11.3 Å². The van der Waals surface area contributed by atoms with Gasteiger partial charge in [0.05, 0.1) is 0 Å². The van der Waals surface area contributed by atoms with Gasteiger partial charge in [-0.15, -0.1) is 11.3 Å². The Hall–Kier alpha value is -2.67. The van der Waals surface area contributed by atoms with Gasteiger partial charge in [-0.25, -0.2) is 4.98 Å². The molecule has 0 saturated heterocycles. The number of alkyl halides is 3. The zero-order valence-corrected chi connectivity index (χ0v) is 13.9. The molecule has 0 aliphatic carbocycles. The Morgan fingerprint density at radius 2 is 1.80 bits per heavy atom. The molecule has 2 aromatic carbocycles. The lowest BCUT2D eigenvalue weighted by Gasteiger charge is -2.07. The number of halogens is 3. The van der Waals surface area contributed by atoms with Crippen LogP contribution in [0, 0.1) is 6.92 Å². The van der Waals surface area contributed by atoms with Crippen molar-refractivity contribution in [1.29, 1.82) is 0 Å². The van der Waals surface area contributed by atoms with Gasteiger partial charge >= 0.3 is 6.18 Å². The first-order chi connectivity index (χ1) is 11.8. The molecule has 0 aliphatic rings. The van der Waals surface area contributed by atoms with E-state index in [2.05, 4.69) is 10.3 Å². The summed E-state index contributed by atoms with van der Waals surface area (Å²) in [6.07, 6.45) is -4.71. The van der Waals surface area contributed by atoms with Crippen LogP contribution in [0.2, 0.25) is 0 Å². The van der Waals surface area contributed by atoms with Gasteiger partial charge in [0.15, 0.2) is 5.69 Å². The van der Waals surface area contributed by atoms with E-state index >= 15 is 0 Å². The Morgan fingerprint density at radius 3 is 2.44 bits per heavy atom. The van der Waals surface area contributed by atoms with Crippen LogP contribution in [0.25, 0.3) is 10.6 Å². The van der Waals surface area contributed by atoms with E-state index in [4.69, 9.17) is 0 Å². The van der Waals surface area contributed by atoms with E-state index < -0.39 is 22.7 Å². The van der Waals surface area contributed by atoms with Gasteiger partial charge in [0.2, 0.25) is 0 Å². The van der Waals surface area contributed by atoms with Crippen LogP contribution < -0.4 is 5.32 Å². The number of amides is 1. The average Bonchev–Trinajstić information content (AvgIpc) is 3.01. The van der Waals surface area contributed by atoms with Crippen LogP contribution in [0.3, 0.4) is 0 Å². The number of rotatable bonds is 3. The second-order valence-corrected chi connectivity index (χ2v) is 6.38. The molecule has 3 aromatic rings. The quantitative estimate of drug-likeness (QED) is 0.679. The van der Waals surface area contributed by atoms with Crippen molar-refractivity contribution in [2.45, 2.75) is 13.1 Å². The van der Waals surface area contributed by atoms with Gasteiger partial charge < -0.3 is 5.32 Å². The molecule has 1 N–H and O–H groups in total. The zero-order valence-electron chi connectivity index (χ0n) is 13.1. The van der Waals surface area contributed by atoms with Gasteiger partial charge in [0, 0.05) is 11.3 Å². The molecule has 0 unspecified atom stereocenters. The van der Waals surface area contributed by atoms with E-state index in [1.54, 1.807) is 48.5 Å². The van der Waals surface area contributed by atoms with Gasteiger partial charge in [-0.2, -0.15) is 13.2 Å². The summed E-state index contributed by atoms with van der Waals surface area (Å²) in [6, 6.07) is 15.3. The number of carbonyl (C=O) groups is 1. The highest BCUT2D eigenvalue weighted by Gasteiger charge is 2.39. The summed E-state index contributed by atoms with van der Waals surface area (Å²) < 4.78 is 39.9. The number of aromatic nitrogens is 1. The highest BCUT2D eigenvalue weighted by molar-refractivity contribution is 7.17. The van der Waals surface area contributed by atoms with Crippen molar-refractivity contribution in [3.63, 3.8) is 0 Å². The average molecular weight is 362 g/mol. The smallest absolute Gasteiger partial charge is 0.321 e. The van der Waals surface area contributed by atoms with Crippen LogP contribution in [0.1, 0.15) is 20.9 Å². The monoisotopic (exact) mass is 362 g/mol. The molecule has 1 aromatic heterocycles. The van der Waals surface area contributed by atoms with Crippen molar-refractivity contribution in [2.75, 3.05) is 5.32 Å². The van der Waals surface area contributed by atoms with Crippen LogP contribution >= 0.6 is 11.3 Å². The van der Waals surface area contributed by atoms with Crippen molar-refractivity contribution in [1.82, 2.24) is 4.98 Å². The highest BCUT2D eigenvalue weighted by Crippen LogP contribution is 2.38. The summed E-state index contributed by atoms with van der Waals surface area (Å²) in [5.74, 6) is -0.822. The molecule has 0 spiro atoms. The molecule has 0 fully saturated rings. The summed E-state index contributed by atoms with van der Waals surface area (Å²) in [7, 11) is 0. The number of aryl methyl sites for hydroxylation is 1. The van der Waals surface area contributed by atoms with E-state index in [1.165, 1.54) is 0 Å². The summed E-state index contributed by atoms with van der Waals surface area (Å²) in [4.78, 5) is 15.6. The Kier molecular flexibility index (Phi) is 4.59. The van der Waals surface area contributed by atoms with Gasteiger partial charge in [0.1, 0.15) is 9.88 Å². The lowest BCUT2D eigenvalue weighted by Crippen LogP contribution is -2.17. The summed E-state index contributed by atoms with van der Waals surface area (Å²) in [6.45, 7) is 1.83. The van der Waals surface area contributed by atoms with Crippen molar-refractivity contribution in [3.05, 3.63) is 70.7 Å². The van der Waals surface area contributed by atoms with Crippen molar-refractivity contribution < 1.29 is 18.0 Å². The van der Waals surface area contributed by atoms with E-state index in [9.17, 15) is 18.0 Å². The third-order valence-corrected chi connectivity index (χ3v) is 4.50. The maximum atomic E-state index is 13.3. The molecule has 7 heteroatoms. The molecular weight excluding hydrogens is 349 g/mol. The normalized spacial score (nSPS) is 11.4. The van der Waals surface area contributed by atoms with Crippen LogP contribution in [-0.2, 0) is 6.18 Å². The third kappa shape index (κ3) is 3.88. The second-order valence-electron chi connectivity index (χ2n) is 5.38. The lowest BCUT2D eigenvalue weighted by atomic mass is 10.2. The Bertz CT molecular complexity index is 904. The standard InChI is InChI=1S/C18H13F3N2OS/c1-11-6-5-9-13(10-11)22-16(24)14-15(18(19,20)21)23-17(25-14)12-7-3-2-4-8-12/h2-10H,1H3,(H,22,24). The molecule has 1 amide bonds. The highest BCUT2D eigenvalue weighted by atomic mass is 32.1. The predicted molar refractivity (Wildman–Crippen MR) is 91.7 cm³/mol. The zero-order chi connectivity index (χ0) is 18.0. The van der Waals surface area contributed by atoms with Gasteiger partial charge in [-0.05, 0) is 24.6 Å². The molecule has 25 heavy (non-hydrogen) atoms. The number of nitrogens with zero attached hydrogens (tertiary/aromatic N) is 1. The molecule has 0 bridgehead atoms. The fourth-order valence-electron chi connectivity index (χ4n) is 2.28. The van der Waals surface area contributed by atoms with Crippen LogP contribution in [0.5, 0.6) is 0 Å². The Balaban J connectivity index is 1.99. The maximum Gasteiger partial charge on any atom is 0.435 e. The number of hydrogen-bond donors (Lipinski definition) is 1. The molecule has 0 radical (unpaired) electrons. The minimum absolute atomic E-state index is 0.155. The van der Waals surface area contributed by atoms with Crippen LogP contribution in [-0.4, -0.2) is 10.9 Å². The molecule has 3 nitrogen and oxygen atoms in total. The van der Waals surface area contributed by atoms with Gasteiger partial charge in [-0.1, -0.05) is 42.5 Å². The topological polar surface area (TPSA) is 42.0 Å². The minimum Gasteiger partial charge on any atom is -0.321 e. The molecular formula is C18H13F3N2OS. The van der Waals surface area contributed by atoms with Crippen LogP contribution in [0.4, 0.5) is 18.9 Å². The third-order valence-electron chi connectivity index (χ3n) is 3.40. The molecule has 0 saturated carbocycles. The fourth-order valence-corrected chi connectivity index (χ4v) is 3.27. The molecule has 0 aliphatic heterocycles. The molecule has 1 heterocycles. The van der Waals surface area contributed by atoms with E-state index in [1.807, 2.05) is 13.0 Å². The second kappa shape index (κ2) is 6.68. The maximum absolute atomic E-state index is 13.3. The van der Waals surface area contributed by atoms with Gasteiger partial charge in [0.25, 0.3) is 5.91 Å². The molecule has 3 rings (SSSR count). The van der Waals surface area contributed by atoms with Gasteiger partial charge in [-0.3, -0.25) is 4.79 Å². The van der Waals surface area contributed by atoms with Crippen molar-refractivity contribution in [3.8, 4) is 10.6 Å². The number of benzene rings is 2. The number of carbonyl (C=O) groups excluding carboxylic acids is 1. The Morgan fingerprint density at radius 1 is 1.08 bits per heavy atom. The van der Waals surface area contributed by atoms with E-state index in [-0.39, 0.29) is 5.01 Å². The Labute approximate surface area is 146 Å². The van der Waals surface area contributed by atoms with Crippen molar-refractivity contribution >= 4 is 22.9 Å². The fraction of sp³-hybridized carbons (Fsp3) is 0.111. The number of hydrogen-bond acceptors (Lipinski definition) is 3. The number of thiazole rings is 1.